The van der Waals surface area contributed by atoms with Crippen LogP contribution >= 0.6 is 0 Å². The maximum absolute atomic E-state index is 12.9. The van der Waals surface area contributed by atoms with E-state index in [2.05, 4.69) is 5.32 Å². The van der Waals surface area contributed by atoms with Gasteiger partial charge >= 0.3 is 5.97 Å². The zero-order valence-electron chi connectivity index (χ0n) is 17.2. The molecule has 1 unspecified atom stereocenters. The third kappa shape index (κ3) is 5.80. The highest BCUT2D eigenvalue weighted by Crippen LogP contribution is 2.17. The predicted molar refractivity (Wildman–Crippen MR) is 118 cm³/mol. The summed E-state index contributed by atoms with van der Waals surface area (Å²) in [6.45, 7) is -0.757. The summed E-state index contributed by atoms with van der Waals surface area (Å²) >= 11 is 0. The summed E-state index contributed by atoms with van der Waals surface area (Å²) in [7, 11) is 0. The van der Waals surface area contributed by atoms with Crippen molar-refractivity contribution in [2.45, 2.75) is 6.04 Å². The number of nitriles is 1. The lowest BCUT2D eigenvalue weighted by Gasteiger charge is -2.21. The Bertz CT molecular complexity index is 1100. The van der Waals surface area contributed by atoms with Crippen molar-refractivity contribution in [1.82, 2.24) is 5.32 Å². The third-order valence-corrected chi connectivity index (χ3v) is 4.62. The first-order valence-electron chi connectivity index (χ1n) is 9.90. The molecule has 0 saturated carbocycles. The van der Waals surface area contributed by atoms with Crippen LogP contribution in [-0.2, 0) is 14.3 Å². The number of hydrogen-bond acceptors (Lipinski definition) is 5. The number of carbonyl (C=O) groups excluding carboxylic acids is 3. The maximum Gasteiger partial charge on any atom is 0.333 e. The molecule has 7 heteroatoms. The van der Waals surface area contributed by atoms with E-state index in [1.165, 1.54) is 4.90 Å². The molecule has 7 nitrogen and oxygen atoms in total. The van der Waals surface area contributed by atoms with E-state index in [1.54, 1.807) is 91.0 Å². The topological polar surface area (TPSA) is 99.5 Å². The molecule has 2 amide bonds. The van der Waals surface area contributed by atoms with Gasteiger partial charge in [-0.3, -0.25) is 14.5 Å². The van der Waals surface area contributed by atoms with Crippen LogP contribution in [-0.4, -0.2) is 30.9 Å². The van der Waals surface area contributed by atoms with Crippen molar-refractivity contribution >= 4 is 23.5 Å². The summed E-state index contributed by atoms with van der Waals surface area (Å²) in [5, 5.41) is 11.7. The fraction of sp³-hybridized carbons (Fsp3) is 0.120. The highest BCUT2D eigenvalue weighted by Gasteiger charge is 2.26. The van der Waals surface area contributed by atoms with Crippen molar-refractivity contribution in [3.8, 4) is 6.07 Å². The minimum Gasteiger partial charge on any atom is -0.454 e. The molecule has 0 aliphatic carbocycles. The minimum absolute atomic E-state index is 0.187. The molecule has 3 aromatic carbocycles. The number of carbonyl (C=O) groups is 3. The zero-order valence-corrected chi connectivity index (χ0v) is 17.2. The van der Waals surface area contributed by atoms with Crippen LogP contribution < -0.4 is 10.2 Å². The average molecular weight is 427 g/mol. The van der Waals surface area contributed by atoms with Crippen molar-refractivity contribution in [3.63, 3.8) is 0 Å². The summed E-state index contributed by atoms with van der Waals surface area (Å²) in [5.41, 5.74) is 1.43. The van der Waals surface area contributed by atoms with E-state index in [0.717, 1.165) is 0 Å². The molecule has 3 rings (SSSR count). The van der Waals surface area contributed by atoms with Gasteiger partial charge in [-0.05, 0) is 29.8 Å². The Kier molecular flexibility index (Phi) is 7.71. The van der Waals surface area contributed by atoms with E-state index < -0.39 is 30.4 Å². The number of nitrogens with one attached hydrogen (secondary N) is 1. The van der Waals surface area contributed by atoms with Crippen LogP contribution in [0.3, 0.4) is 0 Å². The number of ether oxygens (including phenoxy) is 1. The molecule has 0 bridgehead atoms. The predicted octanol–water partition coefficient (Wildman–Crippen LogP) is 3.26. The van der Waals surface area contributed by atoms with Crippen LogP contribution in [0.5, 0.6) is 0 Å². The van der Waals surface area contributed by atoms with Gasteiger partial charge < -0.3 is 10.1 Å². The van der Waals surface area contributed by atoms with Crippen LogP contribution in [0.25, 0.3) is 0 Å². The first-order chi connectivity index (χ1) is 15.6. The number of rotatable bonds is 8. The molecule has 0 heterocycles. The highest BCUT2D eigenvalue weighted by atomic mass is 16.5. The Morgan fingerprint density at radius 1 is 0.875 bits per heavy atom. The van der Waals surface area contributed by atoms with Crippen molar-refractivity contribution < 1.29 is 19.1 Å². The minimum atomic E-state index is -1.10. The Labute approximate surface area is 185 Å². The molecule has 0 aliphatic heterocycles. The van der Waals surface area contributed by atoms with Crippen molar-refractivity contribution in [3.05, 3.63) is 102 Å². The van der Waals surface area contributed by atoms with Gasteiger partial charge in [0.25, 0.3) is 11.8 Å². The number of esters is 1. The molecule has 160 valence electrons. The summed E-state index contributed by atoms with van der Waals surface area (Å²) in [4.78, 5) is 39.4. The molecule has 0 saturated heterocycles. The number of anilines is 1. The number of amides is 2. The number of benzene rings is 3. The first kappa shape index (κ1) is 22.2. The summed E-state index contributed by atoms with van der Waals surface area (Å²) in [6, 6.07) is 26.6. The van der Waals surface area contributed by atoms with Gasteiger partial charge in [0.05, 0.1) is 6.07 Å². The fourth-order valence-electron chi connectivity index (χ4n) is 3.02. The smallest absolute Gasteiger partial charge is 0.333 e. The van der Waals surface area contributed by atoms with E-state index in [0.29, 0.717) is 16.8 Å². The molecule has 1 N–H and O–H groups in total. The van der Waals surface area contributed by atoms with Gasteiger partial charge in [0, 0.05) is 11.3 Å². The Morgan fingerprint density at radius 3 is 2.03 bits per heavy atom. The second-order valence-corrected chi connectivity index (χ2v) is 6.76. The molecule has 0 fully saturated rings. The van der Waals surface area contributed by atoms with Crippen LogP contribution in [0.1, 0.15) is 22.0 Å². The standard InChI is InChI=1S/C25H21N3O4/c26-16-17-28(21-14-8-3-9-15-21)22(29)18-32-25(31)23(19-10-4-1-5-11-19)27-24(30)20-12-6-2-7-13-20/h1-15,23H,17-18H2,(H,27,30). The molecule has 3 aromatic rings. The fourth-order valence-corrected chi connectivity index (χ4v) is 3.02. The van der Waals surface area contributed by atoms with Crippen molar-refractivity contribution in [2.75, 3.05) is 18.1 Å². The average Bonchev–Trinajstić information content (AvgIpc) is 2.85. The molecule has 0 spiro atoms. The lowest BCUT2D eigenvalue weighted by Crippen LogP contribution is -2.38. The van der Waals surface area contributed by atoms with Crippen LogP contribution in [0.2, 0.25) is 0 Å². The highest BCUT2D eigenvalue weighted by molar-refractivity contribution is 5.98. The van der Waals surface area contributed by atoms with Gasteiger partial charge in [-0.25, -0.2) is 4.79 Å². The van der Waals surface area contributed by atoms with Crippen LogP contribution in [0.4, 0.5) is 5.69 Å². The van der Waals surface area contributed by atoms with E-state index >= 15 is 0 Å². The molecular weight excluding hydrogens is 406 g/mol. The van der Waals surface area contributed by atoms with Crippen molar-refractivity contribution in [2.24, 2.45) is 0 Å². The lowest BCUT2D eigenvalue weighted by molar-refractivity contribution is -0.149. The summed E-state index contributed by atoms with van der Waals surface area (Å²) in [5.74, 6) is -1.77. The molecule has 0 radical (unpaired) electrons. The number of para-hydroxylation sites is 1. The van der Waals surface area contributed by atoms with E-state index in [4.69, 9.17) is 10.00 Å². The Hall–Kier alpha value is -4.44. The van der Waals surface area contributed by atoms with Gasteiger partial charge in [-0.2, -0.15) is 5.26 Å². The van der Waals surface area contributed by atoms with Crippen LogP contribution in [0.15, 0.2) is 91.0 Å². The van der Waals surface area contributed by atoms with Crippen molar-refractivity contribution in [1.29, 1.82) is 5.26 Å². The second-order valence-electron chi connectivity index (χ2n) is 6.76. The van der Waals surface area contributed by atoms with Gasteiger partial charge in [-0.1, -0.05) is 66.7 Å². The summed E-state index contributed by atoms with van der Waals surface area (Å²) in [6.07, 6.45) is 0. The molecular formula is C25H21N3O4. The number of hydrogen-bond donors (Lipinski definition) is 1. The monoisotopic (exact) mass is 427 g/mol. The van der Waals surface area contributed by atoms with E-state index in [1.807, 2.05) is 6.07 Å². The van der Waals surface area contributed by atoms with Gasteiger partial charge in [0.15, 0.2) is 12.6 Å². The molecule has 1 atom stereocenters. The Balaban J connectivity index is 1.73. The SMILES string of the molecule is N#CCN(C(=O)COC(=O)C(NC(=O)c1ccccc1)c1ccccc1)c1ccccc1. The Morgan fingerprint density at radius 2 is 1.44 bits per heavy atom. The van der Waals surface area contributed by atoms with Gasteiger partial charge in [0.2, 0.25) is 0 Å². The summed E-state index contributed by atoms with van der Waals surface area (Å²) < 4.78 is 5.25. The van der Waals surface area contributed by atoms with Gasteiger partial charge in [-0.15, -0.1) is 0 Å². The second kappa shape index (κ2) is 11.1. The lowest BCUT2D eigenvalue weighted by atomic mass is 10.1. The molecule has 32 heavy (non-hydrogen) atoms. The molecule has 0 aromatic heterocycles. The first-order valence-corrected chi connectivity index (χ1v) is 9.90. The normalized spacial score (nSPS) is 11.0. The van der Waals surface area contributed by atoms with Crippen LogP contribution in [0, 0.1) is 11.3 Å². The molecule has 0 aliphatic rings. The number of nitrogens with zero attached hydrogens (tertiary/aromatic N) is 2. The third-order valence-electron chi connectivity index (χ3n) is 4.62. The maximum atomic E-state index is 12.9. The zero-order chi connectivity index (χ0) is 22.8. The quantitative estimate of drug-likeness (QED) is 0.439. The van der Waals surface area contributed by atoms with Gasteiger partial charge in [0.1, 0.15) is 6.54 Å². The largest absolute Gasteiger partial charge is 0.454 e. The van der Waals surface area contributed by atoms with E-state index in [9.17, 15) is 14.4 Å². The van der Waals surface area contributed by atoms with E-state index in [-0.39, 0.29) is 6.54 Å².